The summed E-state index contributed by atoms with van der Waals surface area (Å²) in [5, 5.41) is 0. The minimum absolute atomic E-state index is 0.311. The number of rotatable bonds is 0. The first-order valence-corrected chi connectivity index (χ1v) is 9.41. The Morgan fingerprint density at radius 3 is 1.33 bits per heavy atom. The normalized spacial score (nSPS) is 13.1. The Morgan fingerprint density at radius 2 is 1.33 bits per heavy atom. The molecule has 0 aromatic carbocycles. The Bertz CT molecular complexity index is 77.4. The van der Waals surface area contributed by atoms with Crippen molar-refractivity contribution in [1.29, 1.82) is 0 Å². The van der Waals surface area contributed by atoms with Crippen LogP contribution in [0.4, 0.5) is 0 Å². The van der Waals surface area contributed by atoms with Crippen LogP contribution in [0.15, 0.2) is 0 Å². The minimum atomic E-state index is -1.34. The van der Waals surface area contributed by atoms with Gasteiger partial charge in [0.1, 0.15) is 0 Å². The Morgan fingerprint density at radius 1 is 1.00 bits per heavy atom. The van der Waals surface area contributed by atoms with Gasteiger partial charge in [0.15, 0.2) is 0 Å². The summed E-state index contributed by atoms with van der Waals surface area (Å²) in [4.78, 5) is 0. The van der Waals surface area contributed by atoms with Gasteiger partial charge in [-0.1, -0.05) is 0 Å². The first-order valence-electron chi connectivity index (χ1n) is 2.77. The third-order valence-electron chi connectivity index (χ3n) is 0.731. The molecule has 52 valence electrons. The van der Waals surface area contributed by atoms with Crippen LogP contribution in [-0.2, 0) is 24.6 Å². The van der Waals surface area contributed by atoms with Crippen molar-refractivity contribution in [2.75, 3.05) is 0 Å². The van der Waals surface area contributed by atoms with Gasteiger partial charge in [-0.25, -0.2) is 0 Å². The fourth-order valence-corrected chi connectivity index (χ4v) is 15.8. The van der Waals surface area contributed by atoms with Crippen LogP contribution >= 0.6 is 34.8 Å². The zero-order valence-corrected chi connectivity index (χ0v) is 13.6. The van der Waals surface area contributed by atoms with Crippen molar-refractivity contribution >= 4 is 34.8 Å². The zero-order valence-electron chi connectivity index (χ0n) is 5.84. The van der Waals surface area contributed by atoms with E-state index in [1.807, 2.05) is 0 Å². The Hall–Kier alpha value is 1.81. The van der Waals surface area contributed by atoms with E-state index in [0.717, 1.165) is 0 Å². The van der Waals surface area contributed by atoms with E-state index in [1.165, 1.54) is 0 Å². The zero-order chi connectivity index (χ0) is 7.71. The molecule has 0 amide bonds. The third kappa shape index (κ3) is 9.81. The van der Waals surface area contributed by atoms with Crippen molar-refractivity contribution in [2.45, 2.75) is 25.0 Å². The predicted octanol–water partition coefficient (Wildman–Crippen LogP) is 3.62. The molecule has 0 unspecified atom stereocenters. The summed E-state index contributed by atoms with van der Waals surface area (Å²) in [7, 11) is 0. The van der Waals surface area contributed by atoms with E-state index in [4.69, 9.17) is 34.8 Å². The molecule has 0 aromatic heterocycles. The molecule has 0 fully saturated rings. The number of hydrogen-bond donors (Lipinski definition) is 0. The van der Waals surface area contributed by atoms with E-state index in [1.54, 1.807) is 0 Å². The molecule has 4 heteroatoms. The molecule has 0 heterocycles. The number of alkyl halides is 3. The molecule has 0 atom stereocenters. The molecule has 0 N–H and O–H groups in total. The summed E-state index contributed by atoms with van der Waals surface area (Å²) < 4.78 is -0.566. The van der Waals surface area contributed by atoms with E-state index in [-0.39, 0.29) is 0 Å². The molecule has 9 heavy (non-hydrogen) atoms. The summed E-state index contributed by atoms with van der Waals surface area (Å²) in [5.41, 5.74) is 0. The van der Waals surface area contributed by atoms with Gasteiger partial charge in [0.05, 0.1) is 0 Å². The van der Waals surface area contributed by atoms with Gasteiger partial charge in [-0.05, 0) is 0 Å². The van der Waals surface area contributed by atoms with E-state index >= 15 is 0 Å². The maximum absolute atomic E-state index is 5.65. The van der Waals surface area contributed by atoms with E-state index in [9.17, 15) is 0 Å². The topological polar surface area (TPSA) is 0 Å². The molecular weight excluding hydrogens is 367 g/mol. The molecule has 0 nitrogen and oxygen atoms in total. The van der Waals surface area contributed by atoms with Gasteiger partial charge < -0.3 is 0 Å². The standard InChI is InChI=1S/C4H9.CCl3.Hg/c1-4(2)3;2-1(3)4;/h1-3H3;;. The molecular formula is C5H9Cl3Hg. The van der Waals surface area contributed by atoms with Gasteiger partial charge in [0, 0.05) is 0 Å². The summed E-state index contributed by atoms with van der Waals surface area (Å²) in [6.07, 6.45) is 0. The second kappa shape index (κ2) is 3.47. The average molecular weight is 376 g/mol. The first-order chi connectivity index (χ1) is 3.71. The Kier molecular flexibility index (Phi) is 4.16. The van der Waals surface area contributed by atoms with Gasteiger partial charge >= 0.3 is 84.4 Å². The first kappa shape index (κ1) is 10.8. The molecule has 0 aliphatic rings. The molecule has 0 aromatic rings. The van der Waals surface area contributed by atoms with Gasteiger partial charge in [-0.2, -0.15) is 0 Å². The summed E-state index contributed by atoms with van der Waals surface area (Å²) in [6.45, 7) is 6.41. The quantitative estimate of drug-likeness (QED) is 0.448. The Labute approximate surface area is 83.7 Å². The van der Waals surface area contributed by atoms with E-state index in [2.05, 4.69) is 20.8 Å². The molecule has 0 radical (unpaired) electrons. The van der Waals surface area contributed by atoms with Crippen LogP contribution in [0, 0.1) is 0 Å². The summed E-state index contributed by atoms with van der Waals surface area (Å²) >= 11 is 15.6. The maximum atomic E-state index is 5.65. The van der Waals surface area contributed by atoms with Crippen molar-refractivity contribution in [3.05, 3.63) is 0 Å². The SMILES string of the molecule is C[C](C)(C)[Hg][C](Cl)(Cl)Cl. The van der Waals surface area contributed by atoms with Gasteiger partial charge in [0.2, 0.25) is 0 Å². The van der Waals surface area contributed by atoms with Crippen molar-refractivity contribution in [2.24, 2.45) is 0 Å². The van der Waals surface area contributed by atoms with Crippen molar-refractivity contribution in [3.8, 4) is 0 Å². The van der Waals surface area contributed by atoms with Gasteiger partial charge in [-0.3, -0.25) is 0 Å². The van der Waals surface area contributed by atoms with Crippen LogP contribution in [0.2, 0.25) is 2.92 Å². The average Bonchev–Trinajstić information content (AvgIpc) is 1.14. The van der Waals surface area contributed by atoms with Crippen LogP contribution in [0.5, 0.6) is 0 Å². The molecule has 0 rings (SSSR count). The fourth-order valence-electron chi connectivity index (χ4n) is 0.601. The van der Waals surface area contributed by atoms with E-state index < -0.39 is 25.9 Å². The number of halogens is 3. The Balaban J connectivity index is 3.75. The summed E-state index contributed by atoms with van der Waals surface area (Å²) in [5.74, 6) is 0. The summed E-state index contributed by atoms with van der Waals surface area (Å²) in [6, 6.07) is 0. The van der Waals surface area contributed by atoms with E-state index in [0.29, 0.717) is 2.92 Å². The molecule has 0 spiro atoms. The molecule has 0 bridgehead atoms. The fraction of sp³-hybridized carbons (Fsp3) is 1.00. The van der Waals surface area contributed by atoms with Crippen LogP contribution in [0.3, 0.4) is 0 Å². The molecule has 0 aliphatic heterocycles. The van der Waals surface area contributed by atoms with Crippen LogP contribution in [-0.4, -0.2) is 1.30 Å². The number of hydrogen-bond acceptors (Lipinski definition) is 0. The van der Waals surface area contributed by atoms with Crippen molar-refractivity contribution < 1.29 is 24.6 Å². The second-order valence-corrected chi connectivity index (χ2v) is 24.8. The van der Waals surface area contributed by atoms with Crippen molar-refractivity contribution in [1.82, 2.24) is 0 Å². The third-order valence-corrected chi connectivity index (χ3v) is 9.93. The molecule has 0 aliphatic carbocycles. The monoisotopic (exact) mass is 376 g/mol. The van der Waals surface area contributed by atoms with Crippen molar-refractivity contribution in [3.63, 3.8) is 0 Å². The molecule has 0 saturated carbocycles. The second-order valence-electron chi connectivity index (χ2n) is 3.35. The van der Waals surface area contributed by atoms with Crippen LogP contribution in [0.1, 0.15) is 20.8 Å². The van der Waals surface area contributed by atoms with Crippen LogP contribution < -0.4 is 0 Å². The van der Waals surface area contributed by atoms with Gasteiger partial charge in [0.25, 0.3) is 0 Å². The van der Waals surface area contributed by atoms with Gasteiger partial charge in [-0.15, -0.1) is 0 Å². The predicted molar refractivity (Wildman–Crippen MR) is 40.0 cm³/mol. The molecule has 0 saturated heterocycles. The van der Waals surface area contributed by atoms with Crippen LogP contribution in [0.25, 0.3) is 0 Å².